The van der Waals surface area contributed by atoms with Crippen LogP contribution < -0.4 is 10.2 Å². The zero-order valence-electron chi connectivity index (χ0n) is 16.0. The largest absolute Gasteiger partial charge is 0.371 e. The lowest BCUT2D eigenvalue weighted by Gasteiger charge is -2.19. The van der Waals surface area contributed by atoms with Crippen LogP contribution in [0.5, 0.6) is 0 Å². The summed E-state index contributed by atoms with van der Waals surface area (Å²) in [6.45, 7) is 4.14. The summed E-state index contributed by atoms with van der Waals surface area (Å²) in [6, 6.07) is 14.1. The van der Waals surface area contributed by atoms with Crippen molar-refractivity contribution in [1.82, 2.24) is 10.5 Å². The second kappa shape index (κ2) is 8.37. The molecule has 0 aliphatic carbocycles. The van der Waals surface area contributed by atoms with Crippen LogP contribution >= 0.6 is 15.9 Å². The predicted octanol–water partition coefficient (Wildman–Crippen LogP) is 4.81. The van der Waals surface area contributed by atoms with Gasteiger partial charge in [0.15, 0.2) is 0 Å². The number of anilines is 1. The number of aromatic nitrogens is 1. The van der Waals surface area contributed by atoms with Gasteiger partial charge in [0, 0.05) is 35.4 Å². The van der Waals surface area contributed by atoms with Crippen LogP contribution in [0, 0.1) is 18.7 Å². The summed E-state index contributed by atoms with van der Waals surface area (Å²) in [5.74, 6) is 0.261. The molecule has 0 radical (unpaired) electrons. The molecule has 4 rings (SSSR count). The third-order valence-electron chi connectivity index (χ3n) is 5.22. The highest BCUT2D eigenvalue weighted by atomic mass is 79.9. The monoisotopic (exact) mass is 457 g/mol. The van der Waals surface area contributed by atoms with Gasteiger partial charge in [-0.05, 0) is 61.7 Å². The Labute approximate surface area is 177 Å². The molecular weight excluding hydrogens is 437 g/mol. The Bertz CT molecular complexity index is 1020. The number of carbonyl (C=O) groups is 1. The van der Waals surface area contributed by atoms with Crippen LogP contribution in [0.2, 0.25) is 0 Å². The van der Waals surface area contributed by atoms with Gasteiger partial charge < -0.3 is 14.7 Å². The van der Waals surface area contributed by atoms with E-state index in [2.05, 4.69) is 43.4 Å². The first-order valence-electron chi connectivity index (χ1n) is 9.52. The Morgan fingerprint density at radius 3 is 2.86 bits per heavy atom. The van der Waals surface area contributed by atoms with Crippen LogP contribution in [0.25, 0.3) is 11.3 Å². The molecule has 0 spiro atoms. The summed E-state index contributed by atoms with van der Waals surface area (Å²) < 4.78 is 19.5. The summed E-state index contributed by atoms with van der Waals surface area (Å²) in [5.41, 5.74) is 2.66. The molecule has 1 aliphatic heterocycles. The van der Waals surface area contributed by atoms with Crippen molar-refractivity contribution in [3.63, 3.8) is 0 Å². The molecule has 1 unspecified atom stereocenters. The van der Waals surface area contributed by atoms with Gasteiger partial charge in [-0.2, -0.15) is 0 Å². The van der Waals surface area contributed by atoms with Crippen LogP contribution in [-0.2, 0) is 0 Å². The number of rotatable bonds is 5. The second-order valence-corrected chi connectivity index (χ2v) is 8.18. The molecule has 7 heteroatoms. The molecule has 1 amide bonds. The third-order valence-corrected chi connectivity index (χ3v) is 5.71. The van der Waals surface area contributed by atoms with Crippen molar-refractivity contribution >= 4 is 27.5 Å². The summed E-state index contributed by atoms with van der Waals surface area (Å²) in [7, 11) is 0. The zero-order valence-corrected chi connectivity index (χ0v) is 17.6. The molecule has 29 heavy (non-hydrogen) atoms. The highest BCUT2D eigenvalue weighted by Crippen LogP contribution is 2.27. The van der Waals surface area contributed by atoms with E-state index in [-0.39, 0.29) is 11.7 Å². The van der Waals surface area contributed by atoms with Crippen molar-refractivity contribution in [3.8, 4) is 11.3 Å². The minimum atomic E-state index is -0.337. The van der Waals surface area contributed by atoms with Crippen LogP contribution in [0.4, 0.5) is 10.1 Å². The molecule has 3 aromatic rings. The molecule has 1 aliphatic rings. The van der Waals surface area contributed by atoms with E-state index in [1.807, 2.05) is 12.1 Å². The summed E-state index contributed by atoms with van der Waals surface area (Å²) in [4.78, 5) is 15.2. The molecule has 1 saturated heterocycles. The molecule has 1 atom stereocenters. The smallest absolute Gasteiger partial charge is 0.257 e. The van der Waals surface area contributed by atoms with E-state index >= 15 is 0 Å². The maximum Gasteiger partial charge on any atom is 0.257 e. The fourth-order valence-electron chi connectivity index (χ4n) is 3.68. The zero-order chi connectivity index (χ0) is 20.4. The Kier molecular flexibility index (Phi) is 5.67. The number of aryl methyl sites for hydroxylation is 1. The average molecular weight is 458 g/mol. The molecule has 1 N–H and O–H groups in total. The number of hydrogen-bond donors (Lipinski definition) is 1. The molecule has 2 heterocycles. The predicted molar refractivity (Wildman–Crippen MR) is 113 cm³/mol. The van der Waals surface area contributed by atoms with E-state index in [9.17, 15) is 9.18 Å². The first-order chi connectivity index (χ1) is 14.0. The number of hydrogen-bond acceptors (Lipinski definition) is 4. The summed E-state index contributed by atoms with van der Waals surface area (Å²) >= 11 is 3.51. The van der Waals surface area contributed by atoms with Crippen molar-refractivity contribution in [3.05, 3.63) is 70.1 Å². The van der Waals surface area contributed by atoms with Gasteiger partial charge in [-0.3, -0.25) is 4.79 Å². The van der Waals surface area contributed by atoms with Gasteiger partial charge in [0.2, 0.25) is 0 Å². The van der Waals surface area contributed by atoms with Gasteiger partial charge in [-0.1, -0.05) is 27.2 Å². The van der Waals surface area contributed by atoms with E-state index in [4.69, 9.17) is 4.52 Å². The van der Waals surface area contributed by atoms with Crippen molar-refractivity contribution in [2.45, 2.75) is 13.3 Å². The number of benzene rings is 2. The van der Waals surface area contributed by atoms with Crippen LogP contribution in [0.15, 0.2) is 57.5 Å². The molecule has 5 nitrogen and oxygen atoms in total. The SMILES string of the molecule is Cc1onc(-c2ccc(F)cc2)c1C(=O)NCC1CCN(c2cccc(Br)c2)C1. The Balaban J connectivity index is 1.41. The van der Waals surface area contributed by atoms with Gasteiger partial charge in [0.05, 0.1) is 0 Å². The second-order valence-electron chi connectivity index (χ2n) is 7.26. The molecule has 1 fully saturated rings. The quantitative estimate of drug-likeness (QED) is 0.597. The number of nitrogens with zero attached hydrogens (tertiary/aromatic N) is 2. The molecule has 0 saturated carbocycles. The van der Waals surface area contributed by atoms with E-state index in [1.165, 1.54) is 17.8 Å². The first kappa shape index (κ1) is 19.6. The van der Waals surface area contributed by atoms with E-state index in [1.54, 1.807) is 19.1 Å². The van der Waals surface area contributed by atoms with Crippen LogP contribution in [0.1, 0.15) is 22.5 Å². The molecule has 1 aromatic heterocycles. The maximum atomic E-state index is 13.2. The number of nitrogens with one attached hydrogen (secondary N) is 1. The maximum absolute atomic E-state index is 13.2. The molecule has 2 aromatic carbocycles. The third kappa shape index (κ3) is 4.34. The van der Waals surface area contributed by atoms with Crippen molar-refractivity contribution in [2.24, 2.45) is 5.92 Å². The van der Waals surface area contributed by atoms with Crippen LogP contribution in [-0.4, -0.2) is 30.7 Å². The van der Waals surface area contributed by atoms with Gasteiger partial charge in [-0.25, -0.2) is 4.39 Å². The van der Waals surface area contributed by atoms with E-state index in [0.29, 0.717) is 35.0 Å². The molecule has 0 bridgehead atoms. The lowest BCUT2D eigenvalue weighted by Crippen LogP contribution is -2.31. The van der Waals surface area contributed by atoms with Gasteiger partial charge in [-0.15, -0.1) is 0 Å². The standard InChI is InChI=1S/C22H21BrFN3O2/c1-14-20(21(26-29-14)16-5-7-18(24)8-6-16)22(28)25-12-15-9-10-27(13-15)19-4-2-3-17(23)11-19/h2-8,11,15H,9-10,12-13H2,1H3,(H,25,28). The first-order valence-corrected chi connectivity index (χ1v) is 10.3. The molecular formula is C22H21BrFN3O2. The Morgan fingerprint density at radius 1 is 1.31 bits per heavy atom. The minimum Gasteiger partial charge on any atom is -0.371 e. The average Bonchev–Trinajstić information content (AvgIpc) is 3.34. The summed E-state index contributed by atoms with van der Waals surface area (Å²) in [6.07, 6.45) is 1.01. The lowest BCUT2D eigenvalue weighted by atomic mass is 10.0. The van der Waals surface area contributed by atoms with Crippen molar-refractivity contribution in [2.75, 3.05) is 24.5 Å². The Hall–Kier alpha value is -2.67. The normalized spacial score (nSPS) is 16.2. The van der Waals surface area contributed by atoms with Crippen LogP contribution in [0.3, 0.4) is 0 Å². The van der Waals surface area contributed by atoms with Crippen molar-refractivity contribution < 1.29 is 13.7 Å². The topological polar surface area (TPSA) is 58.4 Å². The minimum absolute atomic E-state index is 0.219. The lowest BCUT2D eigenvalue weighted by molar-refractivity contribution is 0.0947. The molecule has 150 valence electrons. The fraction of sp³-hybridized carbons (Fsp3) is 0.273. The number of amides is 1. The highest BCUT2D eigenvalue weighted by molar-refractivity contribution is 9.10. The number of halogens is 2. The van der Waals surface area contributed by atoms with Gasteiger partial charge in [0.1, 0.15) is 22.8 Å². The number of carbonyl (C=O) groups excluding carboxylic acids is 1. The van der Waals surface area contributed by atoms with Gasteiger partial charge >= 0.3 is 0 Å². The highest BCUT2D eigenvalue weighted by Gasteiger charge is 2.26. The Morgan fingerprint density at radius 2 is 2.10 bits per heavy atom. The summed E-state index contributed by atoms with van der Waals surface area (Å²) in [5, 5.41) is 7.03. The van der Waals surface area contributed by atoms with Crippen molar-refractivity contribution in [1.29, 1.82) is 0 Å². The van der Waals surface area contributed by atoms with E-state index in [0.717, 1.165) is 24.0 Å². The fourth-order valence-corrected chi connectivity index (χ4v) is 4.06. The van der Waals surface area contributed by atoms with Gasteiger partial charge in [0.25, 0.3) is 5.91 Å². The van der Waals surface area contributed by atoms with E-state index < -0.39 is 0 Å².